The second-order valence-corrected chi connectivity index (χ2v) is 6.57. The van der Waals surface area contributed by atoms with Gasteiger partial charge in [0.25, 0.3) is 0 Å². The Morgan fingerprint density at radius 3 is 1.84 bits per heavy atom. The fourth-order valence-electron chi connectivity index (χ4n) is 2.09. The molecule has 2 aromatic rings. The van der Waals surface area contributed by atoms with Crippen LogP contribution in [0.5, 0.6) is 0 Å². The molecule has 0 spiro atoms. The fraction of sp³-hybridized carbons (Fsp3) is 0.250. The van der Waals surface area contributed by atoms with Crippen molar-refractivity contribution >= 4 is 38.5 Å². The summed E-state index contributed by atoms with van der Waals surface area (Å²) in [4.78, 5) is 0. The third-order valence-corrected chi connectivity index (χ3v) is 4.73. The highest BCUT2D eigenvalue weighted by Crippen LogP contribution is 2.18. The zero-order valence-electron chi connectivity index (χ0n) is 10.5. The highest BCUT2D eigenvalue weighted by molar-refractivity contribution is 14.1. The molecule has 0 radical (unpaired) electrons. The van der Waals surface area contributed by atoms with Crippen molar-refractivity contribution in [2.45, 2.75) is 12.8 Å². The fourth-order valence-corrected chi connectivity index (χ4v) is 2.91. The van der Waals surface area contributed by atoms with Gasteiger partial charge in [0.05, 0.1) is 0 Å². The first kappa shape index (κ1) is 15.0. The molecule has 100 valence electrons. The number of hydrogen-bond donors (Lipinski definition) is 0. The number of halogens is 3. The van der Waals surface area contributed by atoms with Crippen LogP contribution in [0.1, 0.15) is 11.1 Å². The van der Waals surface area contributed by atoms with Gasteiger partial charge in [-0.25, -0.2) is 4.39 Å². The average molecular weight is 433 g/mol. The Morgan fingerprint density at radius 2 is 1.37 bits per heavy atom. The van der Waals surface area contributed by atoms with E-state index in [4.69, 9.17) is 0 Å². The lowest BCUT2D eigenvalue weighted by molar-refractivity contribution is 0.587. The summed E-state index contributed by atoms with van der Waals surface area (Å²) < 4.78 is 14.1. The molecule has 2 rings (SSSR count). The van der Waals surface area contributed by atoms with E-state index in [1.54, 1.807) is 0 Å². The summed E-state index contributed by atoms with van der Waals surface area (Å²) in [7, 11) is 0. The molecule has 0 heterocycles. The van der Waals surface area contributed by atoms with Crippen LogP contribution < -0.4 is 0 Å². The second kappa shape index (κ2) is 7.39. The largest absolute Gasteiger partial charge is 0.207 e. The number of benzene rings is 2. The highest BCUT2D eigenvalue weighted by Gasteiger charge is 2.09. The molecule has 0 fully saturated rings. The predicted octanol–water partition coefficient (Wildman–Crippen LogP) is 5.23. The molecule has 0 aromatic heterocycles. The zero-order valence-corrected chi connectivity index (χ0v) is 14.2. The first-order chi connectivity index (χ1) is 9.17. The van der Waals surface area contributed by atoms with Gasteiger partial charge < -0.3 is 0 Å². The lowest BCUT2D eigenvalue weighted by atomic mass is 9.94. The van der Waals surface area contributed by atoms with E-state index in [2.05, 4.69) is 62.8 Å². The lowest BCUT2D eigenvalue weighted by Gasteiger charge is -2.14. The molecular formula is C16H15BrFI. The van der Waals surface area contributed by atoms with Gasteiger partial charge in [0, 0.05) is 8.90 Å². The van der Waals surface area contributed by atoms with Gasteiger partial charge >= 0.3 is 0 Å². The van der Waals surface area contributed by atoms with Gasteiger partial charge in [0.1, 0.15) is 5.82 Å². The van der Waals surface area contributed by atoms with Crippen LogP contribution in [0.4, 0.5) is 4.39 Å². The van der Waals surface area contributed by atoms with E-state index in [9.17, 15) is 4.39 Å². The predicted molar refractivity (Wildman–Crippen MR) is 90.3 cm³/mol. The normalized spacial score (nSPS) is 12.4. The SMILES string of the molecule is Fc1ccc(CC(CBr)Cc2ccc(I)cc2)cc1. The van der Waals surface area contributed by atoms with Gasteiger partial charge in [-0.3, -0.25) is 0 Å². The summed E-state index contributed by atoms with van der Waals surface area (Å²) >= 11 is 5.90. The Kier molecular flexibility index (Phi) is 5.82. The van der Waals surface area contributed by atoms with Crippen molar-refractivity contribution in [2.75, 3.05) is 5.33 Å². The summed E-state index contributed by atoms with van der Waals surface area (Å²) in [6.45, 7) is 0. The first-order valence-corrected chi connectivity index (χ1v) is 8.42. The van der Waals surface area contributed by atoms with Crippen molar-refractivity contribution in [3.05, 3.63) is 69.0 Å². The van der Waals surface area contributed by atoms with Crippen LogP contribution in [0.15, 0.2) is 48.5 Å². The van der Waals surface area contributed by atoms with E-state index < -0.39 is 0 Å². The van der Waals surface area contributed by atoms with Gasteiger partial charge in [0.15, 0.2) is 0 Å². The molecule has 0 saturated carbocycles. The van der Waals surface area contributed by atoms with Crippen LogP contribution in [0.3, 0.4) is 0 Å². The minimum Gasteiger partial charge on any atom is -0.207 e. The Labute approximate surface area is 135 Å². The van der Waals surface area contributed by atoms with Crippen LogP contribution >= 0.6 is 38.5 Å². The summed E-state index contributed by atoms with van der Waals surface area (Å²) in [5.41, 5.74) is 2.54. The van der Waals surface area contributed by atoms with E-state index in [1.807, 2.05) is 12.1 Å². The molecule has 2 aromatic carbocycles. The molecule has 0 amide bonds. The first-order valence-electron chi connectivity index (χ1n) is 6.22. The minimum absolute atomic E-state index is 0.170. The maximum Gasteiger partial charge on any atom is 0.123 e. The van der Waals surface area contributed by atoms with E-state index >= 15 is 0 Å². The van der Waals surface area contributed by atoms with Crippen molar-refractivity contribution in [2.24, 2.45) is 5.92 Å². The average Bonchev–Trinajstić information content (AvgIpc) is 2.43. The highest BCUT2D eigenvalue weighted by atomic mass is 127. The van der Waals surface area contributed by atoms with Crippen LogP contribution in [0, 0.1) is 15.3 Å². The van der Waals surface area contributed by atoms with Gasteiger partial charge in [-0.1, -0.05) is 40.2 Å². The quantitative estimate of drug-likeness (QED) is 0.448. The molecule has 1 unspecified atom stereocenters. The van der Waals surface area contributed by atoms with Crippen molar-refractivity contribution in [1.29, 1.82) is 0 Å². The smallest absolute Gasteiger partial charge is 0.123 e. The maximum absolute atomic E-state index is 12.9. The van der Waals surface area contributed by atoms with Crippen molar-refractivity contribution in [3.8, 4) is 0 Å². The Bertz CT molecular complexity index is 460. The molecule has 0 aliphatic carbocycles. The van der Waals surface area contributed by atoms with E-state index in [0.29, 0.717) is 5.92 Å². The zero-order chi connectivity index (χ0) is 13.7. The van der Waals surface area contributed by atoms with Crippen LogP contribution in [0.2, 0.25) is 0 Å². The van der Waals surface area contributed by atoms with Gasteiger partial charge in [-0.05, 0) is 76.7 Å². The molecule has 0 nitrogen and oxygen atoms in total. The number of alkyl halides is 1. The third kappa shape index (κ3) is 4.88. The second-order valence-electron chi connectivity index (χ2n) is 4.68. The Morgan fingerprint density at radius 1 is 0.895 bits per heavy atom. The molecule has 0 N–H and O–H groups in total. The molecule has 3 heteroatoms. The molecule has 0 saturated heterocycles. The lowest BCUT2D eigenvalue weighted by Crippen LogP contribution is -2.10. The molecule has 1 atom stereocenters. The van der Waals surface area contributed by atoms with Crippen molar-refractivity contribution in [3.63, 3.8) is 0 Å². The van der Waals surface area contributed by atoms with Gasteiger partial charge in [-0.2, -0.15) is 0 Å². The molecule has 0 bridgehead atoms. The standard InChI is InChI=1S/C16H15BrFI/c17-11-14(9-12-1-5-15(18)6-2-12)10-13-3-7-16(19)8-4-13/h1-8,14H,9-11H2. The van der Waals surface area contributed by atoms with Crippen LogP contribution in [-0.2, 0) is 12.8 Å². The molecule has 0 aliphatic rings. The van der Waals surface area contributed by atoms with Crippen molar-refractivity contribution < 1.29 is 4.39 Å². The van der Waals surface area contributed by atoms with Crippen LogP contribution in [-0.4, -0.2) is 5.33 Å². The molecular weight excluding hydrogens is 418 g/mol. The van der Waals surface area contributed by atoms with Crippen LogP contribution in [0.25, 0.3) is 0 Å². The monoisotopic (exact) mass is 432 g/mol. The van der Waals surface area contributed by atoms with Crippen molar-refractivity contribution in [1.82, 2.24) is 0 Å². The summed E-state index contributed by atoms with van der Waals surface area (Å²) in [5, 5.41) is 0.955. The van der Waals surface area contributed by atoms with E-state index in [-0.39, 0.29) is 5.82 Å². The third-order valence-electron chi connectivity index (χ3n) is 3.09. The number of hydrogen-bond acceptors (Lipinski definition) is 0. The molecule has 0 aliphatic heterocycles. The van der Waals surface area contributed by atoms with E-state index in [1.165, 1.54) is 26.8 Å². The minimum atomic E-state index is -0.170. The maximum atomic E-state index is 12.9. The van der Waals surface area contributed by atoms with E-state index in [0.717, 1.165) is 18.2 Å². The topological polar surface area (TPSA) is 0 Å². The van der Waals surface area contributed by atoms with Gasteiger partial charge in [-0.15, -0.1) is 0 Å². The Hall–Kier alpha value is -0.420. The Balaban J connectivity index is 2.00. The summed E-state index contributed by atoms with van der Waals surface area (Å²) in [6.07, 6.45) is 2.01. The molecule has 19 heavy (non-hydrogen) atoms. The summed E-state index contributed by atoms with van der Waals surface area (Å²) in [6, 6.07) is 15.5. The number of rotatable bonds is 5. The summed E-state index contributed by atoms with van der Waals surface area (Å²) in [5.74, 6) is 0.363. The van der Waals surface area contributed by atoms with Gasteiger partial charge in [0.2, 0.25) is 0 Å².